The molecule has 1 amide bonds. The first kappa shape index (κ1) is 19.5. The lowest BCUT2D eigenvalue weighted by Gasteiger charge is -2.38. The zero-order valence-corrected chi connectivity index (χ0v) is 15.9. The minimum absolute atomic E-state index is 0.302. The Morgan fingerprint density at radius 3 is 2.67 bits per heavy atom. The largest absolute Gasteiger partial charge is 0.444 e. The van der Waals surface area contributed by atoms with Gasteiger partial charge < -0.3 is 20.1 Å². The molecule has 2 rings (SSSR count). The fourth-order valence-electron chi connectivity index (χ4n) is 3.82. The second kappa shape index (κ2) is 9.04. The summed E-state index contributed by atoms with van der Waals surface area (Å²) in [6.45, 7) is 9.45. The highest BCUT2D eigenvalue weighted by molar-refractivity contribution is 5.67. The van der Waals surface area contributed by atoms with Crippen molar-refractivity contribution in [3.63, 3.8) is 0 Å². The molecule has 2 N–H and O–H groups in total. The molecule has 0 aromatic rings. The van der Waals surface area contributed by atoms with E-state index in [0.29, 0.717) is 30.7 Å². The maximum atomic E-state index is 11.9. The van der Waals surface area contributed by atoms with Crippen molar-refractivity contribution in [3.8, 4) is 0 Å². The van der Waals surface area contributed by atoms with E-state index in [2.05, 4.69) is 17.6 Å². The predicted octanol–water partition coefficient (Wildman–Crippen LogP) is 3.62. The molecule has 1 aliphatic carbocycles. The first-order chi connectivity index (χ1) is 11.4. The third-order valence-corrected chi connectivity index (χ3v) is 5.09. The smallest absolute Gasteiger partial charge is 0.407 e. The summed E-state index contributed by atoms with van der Waals surface area (Å²) in [6, 6.07) is 1.05. The molecule has 24 heavy (non-hydrogen) atoms. The van der Waals surface area contributed by atoms with Crippen molar-refractivity contribution in [2.45, 2.75) is 96.4 Å². The lowest BCUT2D eigenvalue weighted by Crippen LogP contribution is -2.50. The second-order valence-electron chi connectivity index (χ2n) is 8.32. The number of carbonyl (C=O) groups excluding carboxylic acids is 1. The standard InChI is InChI=1S/C19H36N2O3/c1-5-16-12-15(10-11-23-16)21-17-9-7-6-8-14(17)13-20-18(22)24-19(2,3)4/h14-17,21H,5-13H2,1-4H3,(H,20,22). The van der Waals surface area contributed by atoms with Crippen LogP contribution in [-0.4, -0.2) is 43.0 Å². The molecule has 0 spiro atoms. The minimum atomic E-state index is -0.439. The Hall–Kier alpha value is -0.810. The van der Waals surface area contributed by atoms with Gasteiger partial charge in [0.15, 0.2) is 0 Å². The molecule has 0 radical (unpaired) electrons. The van der Waals surface area contributed by atoms with E-state index in [1.165, 1.54) is 25.7 Å². The van der Waals surface area contributed by atoms with Crippen LogP contribution in [0.5, 0.6) is 0 Å². The van der Waals surface area contributed by atoms with Gasteiger partial charge in [0.05, 0.1) is 6.10 Å². The lowest BCUT2D eigenvalue weighted by atomic mass is 9.83. The van der Waals surface area contributed by atoms with Crippen LogP contribution in [0.15, 0.2) is 0 Å². The van der Waals surface area contributed by atoms with Crippen molar-refractivity contribution in [1.82, 2.24) is 10.6 Å². The summed E-state index contributed by atoms with van der Waals surface area (Å²) in [4.78, 5) is 11.9. The molecule has 4 unspecified atom stereocenters. The zero-order valence-electron chi connectivity index (χ0n) is 15.9. The van der Waals surface area contributed by atoms with Gasteiger partial charge >= 0.3 is 6.09 Å². The summed E-state index contributed by atoms with van der Waals surface area (Å²) in [5.41, 5.74) is -0.439. The van der Waals surface area contributed by atoms with Gasteiger partial charge in [-0.25, -0.2) is 4.79 Å². The van der Waals surface area contributed by atoms with Crippen molar-refractivity contribution in [3.05, 3.63) is 0 Å². The van der Waals surface area contributed by atoms with Gasteiger partial charge in [-0.2, -0.15) is 0 Å². The van der Waals surface area contributed by atoms with Crippen LogP contribution in [0.2, 0.25) is 0 Å². The van der Waals surface area contributed by atoms with Crippen molar-refractivity contribution in [1.29, 1.82) is 0 Å². The van der Waals surface area contributed by atoms with Gasteiger partial charge in [-0.1, -0.05) is 19.8 Å². The van der Waals surface area contributed by atoms with E-state index in [1.807, 2.05) is 20.8 Å². The van der Waals surface area contributed by atoms with E-state index in [4.69, 9.17) is 9.47 Å². The molecule has 2 fully saturated rings. The van der Waals surface area contributed by atoms with E-state index in [-0.39, 0.29) is 6.09 Å². The summed E-state index contributed by atoms with van der Waals surface area (Å²) in [5, 5.41) is 6.84. The molecule has 1 aliphatic heterocycles. The molecule has 0 aromatic heterocycles. The van der Waals surface area contributed by atoms with E-state index in [1.54, 1.807) is 0 Å². The highest BCUT2D eigenvalue weighted by atomic mass is 16.6. The Kier molecular flexibility index (Phi) is 7.35. The normalized spacial score (nSPS) is 31.5. The molecule has 1 saturated heterocycles. The van der Waals surface area contributed by atoms with Crippen LogP contribution in [0.25, 0.3) is 0 Å². The molecule has 140 valence electrons. The van der Waals surface area contributed by atoms with Gasteiger partial charge in [0.1, 0.15) is 5.60 Å². The number of nitrogens with one attached hydrogen (secondary N) is 2. The van der Waals surface area contributed by atoms with E-state index < -0.39 is 5.60 Å². The molecular formula is C19H36N2O3. The third-order valence-electron chi connectivity index (χ3n) is 5.09. The second-order valence-corrected chi connectivity index (χ2v) is 8.32. The van der Waals surface area contributed by atoms with Gasteiger partial charge in [0.2, 0.25) is 0 Å². The number of ether oxygens (including phenoxy) is 2. The molecule has 0 aromatic carbocycles. The molecule has 5 nitrogen and oxygen atoms in total. The number of amides is 1. The average molecular weight is 341 g/mol. The molecule has 5 heteroatoms. The van der Waals surface area contributed by atoms with Crippen LogP contribution in [0.1, 0.15) is 72.6 Å². The summed E-state index contributed by atoms with van der Waals surface area (Å²) in [7, 11) is 0. The van der Waals surface area contributed by atoms with Gasteiger partial charge in [0.25, 0.3) is 0 Å². The minimum Gasteiger partial charge on any atom is -0.444 e. The Morgan fingerprint density at radius 1 is 1.21 bits per heavy atom. The fraction of sp³-hybridized carbons (Fsp3) is 0.947. The Labute approximate surface area is 147 Å². The summed E-state index contributed by atoms with van der Waals surface area (Å²) >= 11 is 0. The number of alkyl carbamates (subject to hydrolysis) is 1. The first-order valence-electron chi connectivity index (χ1n) is 9.72. The summed E-state index contributed by atoms with van der Waals surface area (Å²) in [6.07, 6.45) is 8.31. The molecule has 2 aliphatic rings. The predicted molar refractivity (Wildman–Crippen MR) is 96.2 cm³/mol. The number of carbonyl (C=O) groups is 1. The maximum absolute atomic E-state index is 11.9. The van der Waals surface area contributed by atoms with E-state index >= 15 is 0 Å². The molecule has 4 atom stereocenters. The van der Waals surface area contributed by atoms with Crippen LogP contribution in [0.4, 0.5) is 4.79 Å². The van der Waals surface area contributed by atoms with Crippen LogP contribution in [0.3, 0.4) is 0 Å². The Morgan fingerprint density at radius 2 is 1.96 bits per heavy atom. The van der Waals surface area contributed by atoms with Gasteiger partial charge in [0, 0.05) is 25.2 Å². The SMILES string of the molecule is CCC1CC(NC2CCCCC2CNC(=O)OC(C)(C)C)CCO1. The third kappa shape index (κ3) is 6.60. The highest BCUT2D eigenvalue weighted by Crippen LogP contribution is 2.26. The summed E-state index contributed by atoms with van der Waals surface area (Å²) in [5.74, 6) is 0.495. The maximum Gasteiger partial charge on any atom is 0.407 e. The molecular weight excluding hydrogens is 304 g/mol. The first-order valence-corrected chi connectivity index (χ1v) is 9.72. The van der Waals surface area contributed by atoms with Crippen LogP contribution < -0.4 is 10.6 Å². The Bertz CT molecular complexity index is 395. The number of rotatable bonds is 5. The highest BCUT2D eigenvalue weighted by Gasteiger charge is 2.30. The zero-order chi connectivity index (χ0) is 17.6. The molecule has 1 saturated carbocycles. The molecule has 0 bridgehead atoms. The van der Waals surface area contributed by atoms with Crippen molar-refractivity contribution in [2.75, 3.05) is 13.2 Å². The summed E-state index contributed by atoms with van der Waals surface area (Å²) < 4.78 is 11.1. The van der Waals surface area contributed by atoms with Crippen LogP contribution in [-0.2, 0) is 9.47 Å². The monoisotopic (exact) mass is 340 g/mol. The van der Waals surface area contributed by atoms with E-state index in [9.17, 15) is 4.79 Å². The van der Waals surface area contributed by atoms with Gasteiger partial charge in [-0.05, 0) is 58.8 Å². The lowest BCUT2D eigenvalue weighted by molar-refractivity contribution is -0.00442. The van der Waals surface area contributed by atoms with E-state index in [0.717, 1.165) is 25.9 Å². The van der Waals surface area contributed by atoms with Crippen LogP contribution in [0, 0.1) is 5.92 Å². The number of hydrogen-bond donors (Lipinski definition) is 2. The average Bonchev–Trinajstić information content (AvgIpc) is 2.52. The van der Waals surface area contributed by atoms with Crippen molar-refractivity contribution < 1.29 is 14.3 Å². The van der Waals surface area contributed by atoms with Gasteiger partial charge in [-0.3, -0.25) is 0 Å². The van der Waals surface area contributed by atoms with Crippen LogP contribution >= 0.6 is 0 Å². The number of hydrogen-bond acceptors (Lipinski definition) is 4. The van der Waals surface area contributed by atoms with Crippen molar-refractivity contribution in [2.24, 2.45) is 5.92 Å². The topological polar surface area (TPSA) is 59.6 Å². The molecule has 1 heterocycles. The quantitative estimate of drug-likeness (QED) is 0.802. The Balaban J connectivity index is 1.80. The van der Waals surface area contributed by atoms with Crippen molar-refractivity contribution >= 4 is 6.09 Å². The van der Waals surface area contributed by atoms with Gasteiger partial charge in [-0.15, -0.1) is 0 Å². The fourth-order valence-corrected chi connectivity index (χ4v) is 3.82.